The molecule has 2 heterocycles. The minimum atomic E-state index is -0.224. The molecule has 1 amide bonds. The average Bonchev–Trinajstić information content (AvgIpc) is 2.93. The first-order chi connectivity index (χ1) is 18.0. The monoisotopic (exact) mass is 503 g/mol. The van der Waals surface area contributed by atoms with Gasteiger partial charge in [0.15, 0.2) is 0 Å². The number of benzene rings is 3. The number of amides is 1. The van der Waals surface area contributed by atoms with Crippen LogP contribution in [0.2, 0.25) is 0 Å². The molecule has 3 aromatic rings. The molecule has 2 atom stereocenters. The van der Waals surface area contributed by atoms with E-state index in [0.29, 0.717) is 13.0 Å². The second-order valence-electron chi connectivity index (χ2n) is 9.82. The van der Waals surface area contributed by atoms with E-state index >= 15 is 0 Å². The first-order valence-corrected chi connectivity index (χ1v) is 12.8. The van der Waals surface area contributed by atoms with Gasteiger partial charge in [0.1, 0.15) is 17.3 Å². The van der Waals surface area contributed by atoms with Gasteiger partial charge in [-0.05, 0) is 59.9 Å². The Morgan fingerprint density at radius 3 is 2.38 bits per heavy atom. The minimum absolute atomic E-state index is 0.0507. The van der Waals surface area contributed by atoms with E-state index in [0.717, 1.165) is 60.9 Å². The van der Waals surface area contributed by atoms with Gasteiger partial charge in [0.2, 0.25) is 5.91 Å². The highest BCUT2D eigenvalue weighted by Gasteiger charge is 2.41. The van der Waals surface area contributed by atoms with Gasteiger partial charge in [-0.25, -0.2) is 4.39 Å². The number of rotatable bonds is 8. The van der Waals surface area contributed by atoms with Gasteiger partial charge in [0, 0.05) is 44.5 Å². The number of fused-ring (bicyclic) bond motifs is 3. The van der Waals surface area contributed by atoms with Crippen LogP contribution < -0.4 is 19.7 Å². The van der Waals surface area contributed by atoms with Crippen LogP contribution in [0.3, 0.4) is 0 Å². The zero-order chi connectivity index (χ0) is 25.8. The van der Waals surface area contributed by atoms with Crippen molar-refractivity contribution in [2.45, 2.75) is 25.4 Å². The molecule has 0 radical (unpaired) electrons. The molecule has 6 nitrogen and oxygen atoms in total. The lowest BCUT2D eigenvalue weighted by molar-refractivity contribution is -0.126. The molecule has 7 heteroatoms. The normalized spacial score (nSPS) is 19.1. The number of methoxy groups -OCH3 is 2. The predicted octanol–water partition coefficient (Wildman–Crippen LogP) is 4.06. The smallest absolute Gasteiger partial charge is 0.225 e. The Morgan fingerprint density at radius 2 is 1.65 bits per heavy atom. The molecule has 194 valence electrons. The summed E-state index contributed by atoms with van der Waals surface area (Å²) in [5.41, 5.74) is 4.58. The average molecular weight is 504 g/mol. The van der Waals surface area contributed by atoms with E-state index in [1.807, 2.05) is 42.5 Å². The molecule has 2 aliphatic heterocycles. The van der Waals surface area contributed by atoms with Gasteiger partial charge in [-0.2, -0.15) is 0 Å². The van der Waals surface area contributed by atoms with Crippen LogP contribution in [0.15, 0.2) is 66.7 Å². The van der Waals surface area contributed by atoms with Gasteiger partial charge in [0.05, 0.1) is 26.2 Å². The van der Waals surface area contributed by atoms with Crippen LogP contribution in [0.1, 0.15) is 16.7 Å². The summed E-state index contributed by atoms with van der Waals surface area (Å²) < 4.78 is 24.1. The van der Waals surface area contributed by atoms with Crippen molar-refractivity contribution in [3.63, 3.8) is 0 Å². The van der Waals surface area contributed by atoms with E-state index in [9.17, 15) is 9.18 Å². The van der Waals surface area contributed by atoms with Gasteiger partial charge < -0.3 is 19.7 Å². The van der Waals surface area contributed by atoms with Crippen molar-refractivity contribution in [3.8, 4) is 11.5 Å². The van der Waals surface area contributed by atoms with Crippen LogP contribution in [0.5, 0.6) is 11.5 Å². The second kappa shape index (κ2) is 11.2. The quantitative estimate of drug-likeness (QED) is 0.503. The number of anilines is 1. The summed E-state index contributed by atoms with van der Waals surface area (Å²) in [6, 6.07) is 20.9. The molecule has 0 saturated carbocycles. The number of nitrogens with zero attached hydrogens (tertiary/aromatic N) is 2. The summed E-state index contributed by atoms with van der Waals surface area (Å²) in [5, 5.41) is 3.20. The fraction of sp³-hybridized carbons (Fsp3) is 0.367. The van der Waals surface area contributed by atoms with E-state index in [1.54, 1.807) is 14.2 Å². The summed E-state index contributed by atoms with van der Waals surface area (Å²) in [4.78, 5) is 18.3. The molecule has 1 saturated heterocycles. The number of piperazine rings is 1. The molecule has 5 rings (SSSR count). The third kappa shape index (κ3) is 5.72. The Labute approximate surface area is 218 Å². The summed E-state index contributed by atoms with van der Waals surface area (Å²) in [6.45, 7) is 3.78. The Kier molecular flexibility index (Phi) is 7.60. The lowest BCUT2D eigenvalue weighted by Gasteiger charge is -2.49. The molecule has 1 fully saturated rings. The lowest BCUT2D eigenvalue weighted by atomic mass is 9.83. The van der Waals surface area contributed by atoms with Crippen molar-refractivity contribution >= 4 is 11.6 Å². The fourth-order valence-corrected chi connectivity index (χ4v) is 5.51. The van der Waals surface area contributed by atoms with Crippen molar-refractivity contribution in [1.29, 1.82) is 0 Å². The summed E-state index contributed by atoms with van der Waals surface area (Å²) >= 11 is 0. The van der Waals surface area contributed by atoms with Crippen LogP contribution >= 0.6 is 0 Å². The summed E-state index contributed by atoms with van der Waals surface area (Å²) in [6.07, 6.45) is 1.46. The van der Waals surface area contributed by atoms with Gasteiger partial charge in [-0.3, -0.25) is 9.69 Å². The van der Waals surface area contributed by atoms with Gasteiger partial charge in [0.25, 0.3) is 0 Å². The zero-order valence-corrected chi connectivity index (χ0v) is 21.5. The summed E-state index contributed by atoms with van der Waals surface area (Å²) in [7, 11) is 3.34. The third-order valence-corrected chi connectivity index (χ3v) is 7.54. The topological polar surface area (TPSA) is 54.0 Å². The molecule has 0 unspecified atom stereocenters. The molecule has 0 aromatic heterocycles. The van der Waals surface area contributed by atoms with E-state index in [1.165, 1.54) is 17.7 Å². The summed E-state index contributed by atoms with van der Waals surface area (Å²) in [5.74, 6) is 1.36. The highest BCUT2D eigenvalue weighted by atomic mass is 19.1. The lowest BCUT2D eigenvalue weighted by Crippen LogP contribution is -2.61. The van der Waals surface area contributed by atoms with Crippen LogP contribution in [0, 0.1) is 11.7 Å². The van der Waals surface area contributed by atoms with Crippen LogP contribution in [0.4, 0.5) is 10.1 Å². The Hall–Kier alpha value is -3.58. The second-order valence-corrected chi connectivity index (χ2v) is 9.82. The van der Waals surface area contributed by atoms with Crippen molar-refractivity contribution in [2.75, 3.05) is 45.3 Å². The van der Waals surface area contributed by atoms with E-state index in [2.05, 4.69) is 27.2 Å². The van der Waals surface area contributed by atoms with Crippen molar-refractivity contribution < 1.29 is 18.7 Å². The Balaban J connectivity index is 1.30. The molecular weight excluding hydrogens is 469 g/mol. The maximum Gasteiger partial charge on any atom is 0.225 e. The first kappa shape index (κ1) is 25.1. The van der Waals surface area contributed by atoms with E-state index < -0.39 is 0 Å². The molecular formula is C30H34FN3O3. The number of ether oxygens (including phenoxy) is 2. The number of carbonyl (C=O) groups is 1. The molecule has 0 bridgehead atoms. The first-order valence-electron chi connectivity index (χ1n) is 12.8. The number of carbonyl (C=O) groups excluding carboxylic acids is 1. The number of halogens is 1. The molecule has 37 heavy (non-hydrogen) atoms. The zero-order valence-electron chi connectivity index (χ0n) is 21.5. The van der Waals surface area contributed by atoms with Crippen molar-refractivity contribution in [1.82, 2.24) is 10.2 Å². The number of hydrogen-bond donors (Lipinski definition) is 1. The predicted molar refractivity (Wildman–Crippen MR) is 143 cm³/mol. The van der Waals surface area contributed by atoms with E-state index in [-0.39, 0.29) is 23.7 Å². The van der Waals surface area contributed by atoms with Crippen LogP contribution in [-0.2, 0) is 24.2 Å². The standard InChI is InChI=1S/C30H34FN3O3/c1-36-25-10-5-21(6-11-25)13-14-32-30(35)27-17-23-7-12-26(37-2)18-28(23)34-16-15-33(20-29(27)34)19-22-3-8-24(31)9-4-22/h3-12,18,27,29H,13-17,19-20H2,1-2H3,(H,32,35)/t27-,29+/m1/s1. The van der Waals surface area contributed by atoms with Crippen molar-refractivity contribution in [3.05, 3.63) is 89.2 Å². The number of nitrogens with one attached hydrogen (secondary N) is 1. The van der Waals surface area contributed by atoms with Crippen LogP contribution in [0.25, 0.3) is 0 Å². The SMILES string of the molecule is COc1ccc(CCNC(=O)[C@@H]2Cc3ccc(OC)cc3N3CCN(Cc4ccc(F)cc4)C[C@@H]23)cc1. The van der Waals surface area contributed by atoms with Crippen LogP contribution in [-0.4, -0.2) is 57.2 Å². The minimum Gasteiger partial charge on any atom is -0.497 e. The highest BCUT2D eigenvalue weighted by molar-refractivity contribution is 5.82. The third-order valence-electron chi connectivity index (χ3n) is 7.54. The Bertz CT molecular complexity index is 1220. The van der Waals surface area contributed by atoms with E-state index in [4.69, 9.17) is 9.47 Å². The molecule has 3 aromatic carbocycles. The largest absolute Gasteiger partial charge is 0.497 e. The Morgan fingerprint density at radius 1 is 0.946 bits per heavy atom. The maximum absolute atomic E-state index is 13.5. The molecule has 0 aliphatic carbocycles. The van der Waals surface area contributed by atoms with Crippen molar-refractivity contribution in [2.24, 2.45) is 5.92 Å². The maximum atomic E-state index is 13.5. The molecule has 2 aliphatic rings. The number of hydrogen-bond acceptors (Lipinski definition) is 5. The van der Waals surface area contributed by atoms with Gasteiger partial charge in [-0.15, -0.1) is 0 Å². The van der Waals surface area contributed by atoms with Gasteiger partial charge in [-0.1, -0.05) is 30.3 Å². The molecule has 0 spiro atoms. The fourth-order valence-electron chi connectivity index (χ4n) is 5.51. The molecule has 1 N–H and O–H groups in total. The van der Waals surface area contributed by atoms with Gasteiger partial charge >= 0.3 is 0 Å². The highest BCUT2D eigenvalue weighted by Crippen LogP contribution is 2.38.